The monoisotopic (exact) mass is 293 g/mol. The fourth-order valence-electron chi connectivity index (χ4n) is 1.42. The van der Waals surface area contributed by atoms with E-state index in [1.165, 1.54) is 24.3 Å². The van der Waals surface area contributed by atoms with E-state index in [0.717, 1.165) is 0 Å². The van der Waals surface area contributed by atoms with Gasteiger partial charge in [0.25, 0.3) is 5.69 Å². The fourth-order valence-corrected chi connectivity index (χ4v) is 1.83. The van der Waals surface area contributed by atoms with E-state index in [2.05, 4.69) is 0 Å². The minimum atomic E-state index is -0.473. The lowest BCUT2D eigenvalue weighted by Gasteiger charge is -2.07. The van der Waals surface area contributed by atoms with Gasteiger partial charge in [-0.2, -0.15) is 0 Å². The number of thiocarbonyl (C=S) groups is 1. The normalized spacial score (nSPS) is 9.95. The van der Waals surface area contributed by atoms with Crippen molar-refractivity contribution in [2.24, 2.45) is 0 Å². The van der Waals surface area contributed by atoms with Crippen LogP contribution in [0.3, 0.4) is 0 Å². The van der Waals surface area contributed by atoms with Crippen molar-refractivity contribution < 1.29 is 9.66 Å². The van der Waals surface area contributed by atoms with Crippen LogP contribution < -0.4 is 4.74 Å². The zero-order valence-electron chi connectivity index (χ0n) is 9.58. The van der Waals surface area contributed by atoms with Gasteiger partial charge in [0.15, 0.2) is 5.05 Å². The smallest absolute Gasteiger partial charge is 0.269 e. The maximum Gasteiger partial charge on any atom is 0.269 e. The van der Waals surface area contributed by atoms with E-state index >= 15 is 0 Å². The van der Waals surface area contributed by atoms with Crippen LogP contribution in [-0.2, 0) is 0 Å². The van der Waals surface area contributed by atoms with E-state index < -0.39 is 4.92 Å². The van der Waals surface area contributed by atoms with Gasteiger partial charge in [0.1, 0.15) is 5.75 Å². The number of ether oxygens (including phenoxy) is 1. The van der Waals surface area contributed by atoms with E-state index in [4.69, 9.17) is 28.6 Å². The Balaban J connectivity index is 2.13. The quantitative estimate of drug-likeness (QED) is 0.487. The highest BCUT2D eigenvalue weighted by Crippen LogP contribution is 2.19. The molecule has 0 saturated heterocycles. The second-order valence-corrected chi connectivity index (χ2v) is 4.46. The molecule has 0 heterocycles. The highest BCUT2D eigenvalue weighted by Gasteiger charge is 2.07. The summed E-state index contributed by atoms with van der Waals surface area (Å²) in [6.07, 6.45) is 0. The third kappa shape index (κ3) is 3.49. The Hall–Kier alpha value is -1.98. The van der Waals surface area contributed by atoms with E-state index in [1.807, 2.05) is 0 Å². The molecule has 0 fully saturated rings. The summed E-state index contributed by atoms with van der Waals surface area (Å²) in [6, 6.07) is 12.7. The maximum atomic E-state index is 10.5. The van der Waals surface area contributed by atoms with Crippen LogP contribution in [-0.4, -0.2) is 9.97 Å². The summed E-state index contributed by atoms with van der Waals surface area (Å²) in [4.78, 5) is 10.0. The SMILES string of the molecule is O=[N+]([O-])c1ccc(OC(=S)c2cccc(Cl)c2)cc1. The minimum absolute atomic E-state index is 0.000948. The van der Waals surface area contributed by atoms with Crippen molar-refractivity contribution in [3.63, 3.8) is 0 Å². The highest BCUT2D eigenvalue weighted by molar-refractivity contribution is 7.80. The average Bonchev–Trinajstić information content (AvgIpc) is 2.39. The molecule has 0 amide bonds. The summed E-state index contributed by atoms with van der Waals surface area (Å²) in [5.41, 5.74) is 0.682. The van der Waals surface area contributed by atoms with Gasteiger partial charge in [-0.3, -0.25) is 10.1 Å². The van der Waals surface area contributed by atoms with Crippen LogP contribution in [0.15, 0.2) is 48.5 Å². The predicted octanol–water partition coefficient (Wildman–Crippen LogP) is 4.00. The zero-order chi connectivity index (χ0) is 13.8. The van der Waals surface area contributed by atoms with Gasteiger partial charge in [0, 0.05) is 22.7 Å². The topological polar surface area (TPSA) is 52.4 Å². The Morgan fingerprint density at radius 2 is 1.89 bits per heavy atom. The predicted molar refractivity (Wildman–Crippen MR) is 76.9 cm³/mol. The molecule has 6 heteroatoms. The lowest BCUT2D eigenvalue weighted by molar-refractivity contribution is -0.384. The first-order chi connectivity index (χ1) is 9.06. The summed E-state index contributed by atoms with van der Waals surface area (Å²) >= 11 is 11.0. The molecular weight excluding hydrogens is 286 g/mol. The van der Waals surface area contributed by atoms with Crippen LogP contribution in [0.4, 0.5) is 5.69 Å². The molecule has 0 aromatic heterocycles. The first-order valence-electron chi connectivity index (χ1n) is 5.28. The average molecular weight is 294 g/mol. The molecule has 0 aliphatic rings. The molecule has 19 heavy (non-hydrogen) atoms. The Morgan fingerprint density at radius 1 is 1.21 bits per heavy atom. The van der Waals surface area contributed by atoms with Crippen molar-refractivity contribution >= 4 is 34.6 Å². The number of hydrogen-bond donors (Lipinski definition) is 0. The van der Waals surface area contributed by atoms with Crippen molar-refractivity contribution in [2.45, 2.75) is 0 Å². The van der Waals surface area contributed by atoms with E-state index in [1.54, 1.807) is 24.3 Å². The van der Waals surface area contributed by atoms with Gasteiger partial charge in [0.05, 0.1) is 4.92 Å². The summed E-state index contributed by atoms with van der Waals surface area (Å²) in [5, 5.41) is 11.3. The van der Waals surface area contributed by atoms with Crippen molar-refractivity contribution in [3.8, 4) is 5.75 Å². The molecule has 2 aromatic carbocycles. The van der Waals surface area contributed by atoms with Crippen LogP contribution in [0, 0.1) is 10.1 Å². The van der Waals surface area contributed by atoms with Gasteiger partial charge in [0.2, 0.25) is 0 Å². The Labute approximate surface area is 119 Å². The zero-order valence-corrected chi connectivity index (χ0v) is 11.1. The lowest BCUT2D eigenvalue weighted by atomic mass is 10.2. The summed E-state index contributed by atoms with van der Waals surface area (Å²) in [5.74, 6) is 0.440. The van der Waals surface area contributed by atoms with Gasteiger partial charge in [-0.25, -0.2) is 0 Å². The fraction of sp³-hybridized carbons (Fsp3) is 0. The molecule has 0 aliphatic heterocycles. The van der Waals surface area contributed by atoms with Gasteiger partial charge < -0.3 is 4.74 Å². The molecule has 2 aromatic rings. The molecule has 0 bridgehead atoms. The number of nitro groups is 1. The van der Waals surface area contributed by atoms with Gasteiger partial charge >= 0.3 is 0 Å². The summed E-state index contributed by atoms with van der Waals surface area (Å²) in [7, 11) is 0. The standard InChI is InChI=1S/C13H8ClNO3S/c14-10-3-1-2-9(8-10)13(19)18-12-6-4-11(5-7-12)15(16)17/h1-8H. The van der Waals surface area contributed by atoms with Gasteiger partial charge in [-0.1, -0.05) is 23.7 Å². The van der Waals surface area contributed by atoms with Crippen molar-refractivity contribution in [1.29, 1.82) is 0 Å². The second kappa shape index (κ2) is 5.77. The van der Waals surface area contributed by atoms with E-state index in [9.17, 15) is 10.1 Å². The van der Waals surface area contributed by atoms with Crippen LogP contribution in [0.25, 0.3) is 0 Å². The lowest BCUT2D eigenvalue weighted by Crippen LogP contribution is -2.06. The first-order valence-corrected chi connectivity index (χ1v) is 6.07. The van der Waals surface area contributed by atoms with Crippen molar-refractivity contribution in [3.05, 3.63) is 69.2 Å². The van der Waals surface area contributed by atoms with E-state index in [0.29, 0.717) is 16.3 Å². The molecule has 0 N–H and O–H groups in total. The number of hydrogen-bond acceptors (Lipinski definition) is 4. The Bertz CT molecular complexity index is 628. The van der Waals surface area contributed by atoms with E-state index in [-0.39, 0.29) is 10.7 Å². The van der Waals surface area contributed by atoms with Crippen LogP contribution in [0.5, 0.6) is 5.75 Å². The number of halogens is 1. The molecule has 0 radical (unpaired) electrons. The minimum Gasteiger partial charge on any atom is -0.445 e. The molecule has 96 valence electrons. The van der Waals surface area contributed by atoms with Crippen molar-refractivity contribution in [1.82, 2.24) is 0 Å². The van der Waals surface area contributed by atoms with Crippen LogP contribution >= 0.6 is 23.8 Å². The van der Waals surface area contributed by atoms with Crippen LogP contribution in [0.2, 0.25) is 5.02 Å². The summed E-state index contributed by atoms with van der Waals surface area (Å²) in [6.45, 7) is 0. The number of benzene rings is 2. The van der Waals surface area contributed by atoms with Crippen LogP contribution in [0.1, 0.15) is 5.56 Å². The molecule has 0 spiro atoms. The molecule has 4 nitrogen and oxygen atoms in total. The van der Waals surface area contributed by atoms with Gasteiger partial charge in [-0.05, 0) is 36.5 Å². The number of rotatable bonds is 3. The van der Waals surface area contributed by atoms with Gasteiger partial charge in [-0.15, -0.1) is 0 Å². The third-order valence-electron chi connectivity index (χ3n) is 2.32. The molecule has 0 saturated carbocycles. The second-order valence-electron chi connectivity index (χ2n) is 3.65. The molecule has 0 aliphatic carbocycles. The number of non-ortho nitro benzene ring substituents is 1. The maximum absolute atomic E-state index is 10.5. The number of nitrogens with zero attached hydrogens (tertiary/aromatic N) is 1. The van der Waals surface area contributed by atoms with Crippen molar-refractivity contribution in [2.75, 3.05) is 0 Å². The highest BCUT2D eigenvalue weighted by atomic mass is 35.5. The first kappa shape index (κ1) is 13.5. The largest absolute Gasteiger partial charge is 0.445 e. The molecular formula is C13H8ClNO3S. The molecule has 2 rings (SSSR count). The molecule has 0 unspecified atom stereocenters. The molecule has 0 atom stereocenters. The Morgan fingerprint density at radius 3 is 2.47 bits per heavy atom. The third-order valence-corrected chi connectivity index (χ3v) is 2.87. The number of nitro benzene ring substituents is 1. The Kier molecular flexibility index (Phi) is 4.09. The summed E-state index contributed by atoms with van der Waals surface area (Å²) < 4.78 is 5.44.